The van der Waals surface area contributed by atoms with Gasteiger partial charge in [-0.2, -0.15) is 0 Å². The van der Waals surface area contributed by atoms with E-state index in [0.717, 1.165) is 10.8 Å². The molecule has 2 unspecified atom stereocenters. The number of H-pyrrole nitrogens is 1. The van der Waals surface area contributed by atoms with Crippen molar-refractivity contribution in [1.29, 1.82) is 0 Å². The first-order valence-electron chi connectivity index (χ1n) is 4.97. The van der Waals surface area contributed by atoms with E-state index in [1.165, 1.54) is 0 Å². The Morgan fingerprint density at radius 1 is 1.53 bits per heavy atom. The Bertz CT molecular complexity index is 511. The minimum absolute atomic E-state index is 0.0554. The smallest absolute Gasteiger partial charge is 0.330 e. The molecule has 7 nitrogen and oxygen atoms in total. The van der Waals surface area contributed by atoms with E-state index in [2.05, 4.69) is 4.98 Å². The maximum Gasteiger partial charge on any atom is 0.330 e. The van der Waals surface area contributed by atoms with Crippen LogP contribution >= 0.6 is 11.6 Å². The second-order valence-corrected chi connectivity index (χ2v) is 3.96. The zero-order valence-electron chi connectivity index (χ0n) is 8.76. The molecule has 1 saturated heterocycles. The summed E-state index contributed by atoms with van der Waals surface area (Å²) in [6.07, 6.45) is -0.314. The van der Waals surface area contributed by atoms with Crippen molar-refractivity contribution in [2.75, 3.05) is 19.8 Å². The summed E-state index contributed by atoms with van der Waals surface area (Å²) in [6.45, 7) is 0.0315. The van der Waals surface area contributed by atoms with E-state index in [1.807, 2.05) is 0 Å². The Morgan fingerprint density at radius 3 is 3.00 bits per heavy atom. The van der Waals surface area contributed by atoms with Crippen molar-refractivity contribution in [1.82, 2.24) is 9.55 Å². The van der Waals surface area contributed by atoms with Crippen molar-refractivity contribution in [3.8, 4) is 0 Å². The van der Waals surface area contributed by atoms with Crippen molar-refractivity contribution in [2.24, 2.45) is 0 Å². The number of rotatable bonds is 2. The third-order valence-corrected chi connectivity index (χ3v) is 2.64. The van der Waals surface area contributed by atoms with Gasteiger partial charge in [-0.1, -0.05) is 11.6 Å². The third kappa shape index (κ3) is 2.42. The summed E-state index contributed by atoms with van der Waals surface area (Å²) in [7, 11) is 0. The molecule has 0 radical (unpaired) electrons. The van der Waals surface area contributed by atoms with E-state index in [4.69, 9.17) is 26.2 Å². The van der Waals surface area contributed by atoms with Gasteiger partial charge in [-0.3, -0.25) is 4.79 Å². The molecule has 0 aliphatic carbocycles. The molecule has 17 heavy (non-hydrogen) atoms. The molecule has 0 amide bonds. The summed E-state index contributed by atoms with van der Waals surface area (Å²) in [5.74, 6) is 0. The number of aliphatic hydroxyl groups is 1. The van der Waals surface area contributed by atoms with Crippen LogP contribution in [0.3, 0.4) is 0 Å². The highest BCUT2D eigenvalue weighted by atomic mass is 35.5. The van der Waals surface area contributed by atoms with Crippen LogP contribution in [0.4, 0.5) is 0 Å². The van der Waals surface area contributed by atoms with E-state index in [9.17, 15) is 9.59 Å². The Morgan fingerprint density at radius 2 is 2.29 bits per heavy atom. The van der Waals surface area contributed by atoms with E-state index < -0.39 is 23.6 Å². The van der Waals surface area contributed by atoms with Crippen molar-refractivity contribution in [3.63, 3.8) is 0 Å². The van der Waals surface area contributed by atoms with Gasteiger partial charge in [0.05, 0.1) is 19.8 Å². The Hall–Kier alpha value is -1.15. The van der Waals surface area contributed by atoms with Gasteiger partial charge in [0.25, 0.3) is 5.56 Å². The molecule has 2 rings (SSSR count). The van der Waals surface area contributed by atoms with Gasteiger partial charge in [0.1, 0.15) is 11.1 Å². The zero-order chi connectivity index (χ0) is 12.4. The molecule has 0 bridgehead atoms. The molecule has 0 aromatic carbocycles. The molecular formula is C9H11ClN2O5. The second-order valence-electron chi connectivity index (χ2n) is 3.55. The van der Waals surface area contributed by atoms with Gasteiger partial charge in [-0.05, 0) is 0 Å². The van der Waals surface area contributed by atoms with Gasteiger partial charge in [-0.25, -0.2) is 9.36 Å². The molecule has 2 heterocycles. The Kier molecular flexibility index (Phi) is 3.63. The lowest BCUT2D eigenvalue weighted by Crippen LogP contribution is -2.45. The summed E-state index contributed by atoms with van der Waals surface area (Å²) in [6, 6.07) is 0. The SMILES string of the molecule is O=c1[nH]cc(Cl)c(=O)n1C1COCC(CO)O1. The molecule has 1 aliphatic rings. The fraction of sp³-hybridized carbons (Fsp3) is 0.556. The molecule has 2 atom stereocenters. The third-order valence-electron chi connectivity index (χ3n) is 2.37. The topological polar surface area (TPSA) is 93.6 Å². The molecule has 0 saturated carbocycles. The van der Waals surface area contributed by atoms with Crippen molar-refractivity contribution < 1.29 is 14.6 Å². The number of nitrogens with one attached hydrogen (secondary N) is 1. The van der Waals surface area contributed by atoms with Crippen LogP contribution in [0.2, 0.25) is 5.02 Å². The molecule has 1 aromatic heterocycles. The van der Waals surface area contributed by atoms with Gasteiger partial charge in [0, 0.05) is 6.20 Å². The van der Waals surface area contributed by atoms with Gasteiger partial charge < -0.3 is 19.6 Å². The van der Waals surface area contributed by atoms with Gasteiger partial charge >= 0.3 is 5.69 Å². The number of aromatic amines is 1. The largest absolute Gasteiger partial charge is 0.394 e. The molecule has 2 N–H and O–H groups in total. The summed E-state index contributed by atoms with van der Waals surface area (Å²) >= 11 is 5.63. The first-order chi connectivity index (χ1) is 8.13. The zero-order valence-corrected chi connectivity index (χ0v) is 9.51. The number of aromatic nitrogens is 2. The van der Waals surface area contributed by atoms with E-state index in [-0.39, 0.29) is 24.8 Å². The molecule has 94 valence electrons. The fourth-order valence-corrected chi connectivity index (χ4v) is 1.70. The predicted molar refractivity (Wildman–Crippen MR) is 58.1 cm³/mol. The van der Waals surface area contributed by atoms with Crippen molar-refractivity contribution in [2.45, 2.75) is 12.3 Å². The molecular weight excluding hydrogens is 252 g/mol. The Labute approximate surface area is 101 Å². The number of aliphatic hydroxyl groups excluding tert-OH is 1. The lowest BCUT2D eigenvalue weighted by molar-refractivity contribution is -0.180. The van der Waals surface area contributed by atoms with Crippen LogP contribution in [0.15, 0.2) is 15.8 Å². The highest BCUT2D eigenvalue weighted by Crippen LogP contribution is 2.14. The van der Waals surface area contributed by atoms with Gasteiger partial charge in [0.2, 0.25) is 0 Å². The highest BCUT2D eigenvalue weighted by Gasteiger charge is 2.26. The lowest BCUT2D eigenvalue weighted by Gasteiger charge is -2.29. The first kappa shape index (κ1) is 12.3. The molecule has 8 heteroatoms. The average molecular weight is 263 g/mol. The maximum atomic E-state index is 11.7. The highest BCUT2D eigenvalue weighted by molar-refractivity contribution is 6.30. The van der Waals surface area contributed by atoms with Crippen LogP contribution in [0.5, 0.6) is 0 Å². The minimum atomic E-state index is -0.879. The number of halogens is 1. The van der Waals surface area contributed by atoms with Crippen molar-refractivity contribution >= 4 is 11.6 Å². The normalized spacial score (nSPS) is 24.8. The van der Waals surface area contributed by atoms with Crippen LogP contribution in [0.1, 0.15) is 6.23 Å². The fourth-order valence-electron chi connectivity index (χ4n) is 1.56. The quantitative estimate of drug-likeness (QED) is 0.720. The first-order valence-corrected chi connectivity index (χ1v) is 5.35. The van der Waals surface area contributed by atoms with E-state index >= 15 is 0 Å². The molecule has 1 aliphatic heterocycles. The number of hydrogen-bond acceptors (Lipinski definition) is 5. The van der Waals surface area contributed by atoms with Crippen LogP contribution in [0.25, 0.3) is 0 Å². The van der Waals surface area contributed by atoms with Crippen LogP contribution in [-0.4, -0.2) is 40.6 Å². The van der Waals surface area contributed by atoms with Crippen LogP contribution in [-0.2, 0) is 9.47 Å². The summed E-state index contributed by atoms with van der Waals surface area (Å²) in [4.78, 5) is 25.6. The van der Waals surface area contributed by atoms with Gasteiger partial charge in [-0.15, -0.1) is 0 Å². The summed E-state index contributed by atoms with van der Waals surface area (Å²) < 4.78 is 11.3. The predicted octanol–water partition coefficient (Wildman–Crippen LogP) is -0.904. The monoisotopic (exact) mass is 262 g/mol. The lowest BCUT2D eigenvalue weighted by atomic mass is 10.3. The Balaban J connectivity index is 2.37. The summed E-state index contributed by atoms with van der Waals surface area (Å²) in [5.41, 5.74) is -1.28. The van der Waals surface area contributed by atoms with E-state index in [0.29, 0.717) is 0 Å². The number of ether oxygens (including phenoxy) is 2. The molecule has 0 spiro atoms. The summed E-state index contributed by atoms with van der Waals surface area (Å²) in [5, 5.41) is 8.83. The number of hydrogen-bond donors (Lipinski definition) is 2. The standard InChI is InChI=1S/C9H11ClN2O5/c10-6-1-11-9(15)12(8(6)14)7-4-16-3-5(2-13)17-7/h1,5,7,13H,2-4H2,(H,11,15). The van der Waals surface area contributed by atoms with Crippen LogP contribution < -0.4 is 11.2 Å². The molecule has 1 aromatic rings. The van der Waals surface area contributed by atoms with Gasteiger partial charge in [0.15, 0.2) is 6.23 Å². The second kappa shape index (κ2) is 5.01. The van der Waals surface area contributed by atoms with E-state index in [1.54, 1.807) is 0 Å². The maximum absolute atomic E-state index is 11.7. The number of nitrogens with zero attached hydrogens (tertiary/aromatic N) is 1. The minimum Gasteiger partial charge on any atom is -0.394 e. The van der Waals surface area contributed by atoms with Crippen molar-refractivity contribution in [3.05, 3.63) is 32.1 Å². The average Bonchev–Trinajstić information content (AvgIpc) is 2.35. The molecule has 1 fully saturated rings. The van der Waals surface area contributed by atoms with Crippen LogP contribution in [0, 0.1) is 0 Å².